The summed E-state index contributed by atoms with van der Waals surface area (Å²) in [6, 6.07) is 15.4. The van der Waals surface area contributed by atoms with Gasteiger partial charge in [0.1, 0.15) is 12.1 Å². The Hall–Kier alpha value is -2.93. The molecule has 6 nitrogen and oxygen atoms in total. The Bertz CT molecular complexity index is 910. The van der Waals surface area contributed by atoms with Gasteiger partial charge in [0.25, 0.3) is 10.0 Å². The molecule has 0 saturated carbocycles. The first kappa shape index (κ1) is 15.0. The van der Waals surface area contributed by atoms with Crippen LogP contribution in [0.15, 0.2) is 72.0 Å². The molecule has 1 aromatic heterocycles. The van der Waals surface area contributed by atoms with E-state index in [0.29, 0.717) is 5.69 Å². The molecule has 0 fully saturated rings. The van der Waals surface area contributed by atoms with Gasteiger partial charge in [0.15, 0.2) is 0 Å². The lowest BCUT2D eigenvalue weighted by Crippen LogP contribution is -2.13. The molecule has 23 heavy (non-hydrogen) atoms. The number of hydrogen-bond acceptors (Lipinski definition) is 5. The fourth-order valence-electron chi connectivity index (χ4n) is 2.12. The monoisotopic (exact) mass is 326 g/mol. The van der Waals surface area contributed by atoms with E-state index in [2.05, 4.69) is 14.7 Å². The second-order valence-electron chi connectivity index (χ2n) is 4.81. The number of rotatable bonds is 4. The summed E-state index contributed by atoms with van der Waals surface area (Å²) < 4.78 is 27.0. The van der Waals surface area contributed by atoms with E-state index in [1.807, 2.05) is 18.2 Å². The molecule has 0 saturated heterocycles. The van der Waals surface area contributed by atoms with Crippen molar-refractivity contribution in [1.29, 1.82) is 0 Å². The Morgan fingerprint density at radius 2 is 1.70 bits per heavy atom. The van der Waals surface area contributed by atoms with Gasteiger partial charge in [-0.05, 0) is 29.8 Å². The van der Waals surface area contributed by atoms with Crippen LogP contribution in [0.2, 0.25) is 0 Å². The van der Waals surface area contributed by atoms with Gasteiger partial charge in [0, 0.05) is 17.4 Å². The van der Waals surface area contributed by atoms with E-state index in [1.54, 1.807) is 18.2 Å². The van der Waals surface area contributed by atoms with Gasteiger partial charge in [-0.3, -0.25) is 4.72 Å². The number of nitrogens with one attached hydrogen (secondary N) is 1. The fourth-order valence-corrected chi connectivity index (χ4v) is 3.13. The van der Waals surface area contributed by atoms with Crippen LogP contribution in [-0.2, 0) is 10.0 Å². The van der Waals surface area contributed by atoms with Gasteiger partial charge in [-0.1, -0.05) is 30.3 Å². The number of nitrogens with zero attached hydrogens (tertiary/aromatic N) is 2. The van der Waals surface area contributed by atoms with Gasteiger partial charge >= 0.3 is 0 Å². The lowest BCUT2D eigenvalue weighted by Gasteiger charge is -2.09. The molecule has 116 valence electrons. The molecular formula is C16H14N4O2S. The Morgan fingerprint density at radius 3 is 2.35 bits per heavy atom. The second kappa shape index (κ2) is 6.05. The maximum absolute atomic E-state index is 12.3. The molecule has 7 heteroatoms. The normalized spacial score (nSPS) is 11.1. The predicted molar refractivity (Wildman–Crippen MR) is 89.1 cm³/mol. The van der Waals surface area contributed by atoms with Crippen LogP contribution in [0.5, 0.6) is 0 Å². The highest BCUT2D eigenvalue weighted by Crippen LogP contribution is 2.26. The van der Waals surface area contributed by atoms with Crippen LogP contribution >= 0.6 is 0 Å². The minimum absolute atomic E-state index is 0.148. The van der Waals surface area contributed by atoms with E-state index < -0.39 is 10.0 Å². The van der Waals surface area contributed by atoms with Crippen LogP contribution in [0, 0.1) is 0 Å². The minimum Gasteiger partial charge on any atom is -0.398 e. The van der Waals surface area contributed by atoms with E-state index in [4.69, 9.17) is 5.73 Å². The third-order valence-electron chi connectivity index (χ3n) is 3.26. The summed E-state index contributed by atoms with van der Waals surface area (Å²) in [5.74, 6) is 0.219. The molecule has 0 spiro atoms. The molecule has 3 rings (SSSR count). The summed E-state index contributed by atoms with van der Waals surface area (Å²) in [6.07, 6.45) is 2.74. The van der Waals surface area contributed by atoms with Gasteiger partial charge in [-0.25, -0.2) is 18.4 Å². The van der Waals surface area contributed by atoms with Gasteiger partial charge in [-0.15, -0.1) is 0 Å². The van der Waals surface area contributed by atoms with Crippen molar-refractivity contribution in [2.24, 2.45) is 0 Å². The summed E-state index contributed by atoms with van der Waals surface area (Å²) >= 11 is 0. The van der Waals surface area contributed by atoms with E-state index >= 15 is 0 Å². The maximum atomic E-state index is 12.3. The first-order valence-corrected chi connectivity index (χ1v) is 8.28. The summed E-state index contributed by atoms with van der Waals surface area (Å²) in [7, 11) is -3.69. The molecule has 3 aromatic rings. The van der Waals surface area contributed by atoms with Crippen LogP contribution < -0.4 is 10.5 Å². The van der Waals surface area contributed by atoms with Crippen molar-refractivity contribution in [2.45, 2.75) is 4.90 Å². The Morgan fingerprint density at radius 1 is 0.957 bits per heavy atom. The molecule has 0 aliphatic rings. The maximum Gasteiger partial charge on any atom is 0.263 e. The van der Waals surface area contributed by atoms with Crippen LogP contribution in [0.25, 0.3) is 11.1 Å². The van der Waals surface area contributed by atoms with Gasteiger partial charge in [0.05, 0.1) is 4.90 Å². The molecule has 0 unspecified atom stereocenters. The average molecular weight is 326 g/mol. The van der Waals surface area contributed by atoms with Crippen LogP contribution in [0.3, 0.4) is 0 Å². The van der Waals surface area contributed by atoms with E-state index in [-0.39, 0.29) is 10.7 Å². The van der Waals surface area contributed by atoms with Crippen molar-refractivity contribution in [2.75, 3.05) is 10.5 Å². The van der Waals surface area contributed by atoms with Crippen molar-refractivity contribution in [3.05, 3.63) is 67.1 Å². The molecule has 0 aliphatic carbocycles. The van der Waals surface area contributed by atoms with Gasteiger partial charge in [-0.2, -0.15) is 0 Å². The number of benzene rings is 2. The topological polar surface area (TPSA) is 98.0 Å². The first-order chi connectivity index (χ1) is 11.1. The first-order valence-electron chi connectivity index (χ1n) is 6.80. The number of para-hydroxylation sites is 1. The van der Waals surface area contributed by atoms with Crippen molar-refractivity contribution in [1.82, 2.24) is 9.97 Å². The zero-order chi connectivity index (χ0) is 16.3. The van der Waals surface area contributed by atoms with Crippen molar-refractivity contribution < 1.29 is 8.42 Å². The summed E-state index contributed by atoms with van der Waals surface area (Å²) in [5.41, 5.74) is 8.29. The fraction of sp³-hybridized carbons (Fsp3) is 0. The lowest BCUT2D eigenvalue weighted by atomic mass is 10.0. The molecule has 1 heterocycles. The largest absolute Gasteiger partial charge is 0.398 e. The molecule has 3 N–H and O–H groups in total. The lowest BCUT2D eigenvalue weighted by molar-refractivity contribution is 0.601. The Labute approximate surface area is 134 Å². The van der Waals surface area contributed by atoms with Gasteiger partial charge < -0.3 is 5.73 Å². The molecule has 0 aliphatic heterocycles. The van der Waals surface area contributed by atoms with Crippen molar-refractivity contribution in [3.8, 4) is 11.1 Å². The van der Waals surface area contributed by atoms with Crippen molar-refractivity contribution >= 4 is 21.5 Å². The third kappa shape index (κ3) is 3.29. The van der Waals surface area contributed by atoms with E-state index in [1.165, 1.54) is 30.7 Å². The summed E-state index contributed by atoms with van der Waals surface area (Å²) in [6.45, 7) is 0. The van der Waals surface area contributed by atoms with E-state index in [9.17, 15) is 8.42 Å². The minimum atomic E-state index is -3.69. The average Bonchev–Trinajstić information content (AvgIpc) is 2.56. The smallest absolute Gasteiger partial charge is 0.263 e. The number of sulfonamides is 1. The molecule has 0 radical (unpaired) electrons. The molecule has 0 bridgehead atoms. The SMILES string of the molecule is Nc1ccccc1-c1ccc(S(=O)(=O)Nc2ccncn2)cc1. The highest BCUT2D eigenvalue weighted by Gasteiger charge is 2.15. The third-order valence-corrected chi connectivity index (χ3v) is 4.63. The number of nitrogens with two attached hydrogens (primary N) is 1. The number of aromatic nitrogens is 2. The molecular weight excluding hydrogens is 312 g/mol. The molecule has 0 atom stereocenters. The van der Waals surface area contributed by atoms with E-state index in [0.717, 1.165) is 11.1 Å². The number of hydrogen-bond donors (Lipinski definition) is 2. The zero-order valence-corrected chi connectivity index (χ0v) is 12.9. The second-order valence-corrected chi connectivity index (χ2v) is 6.49. The molecule has 2 aromatic carbocycles. The highest BCUT2D eigenvalue weighted by atomic mass is 32.2. The standard InChI is InChI=1S/C16H14N4O2S/c17-15-4-2-1-3-14(15)12-5-7-13(8-6-12)23(21,22)20-16-9-10-18-11-19-16/h1-11H,17H2,(H,18,19,20). The Kier molecular flexibility index (Phi) is 3.94. The number of nitrogen functional groups attached to an aromatic ring is 1. The summed E-state index contributed by atoms with van der Waals surface area (Å²) in [4.78, 5) is 7.74. The molecule has 0 amide bonds. The van der Waals surface area contributed by atoms with Gasteiger partial charge in [0.2, 0.25) is 0 Å². The van der Waals surface area contributed by atoms with Crippen molar-refractivity contribution in [3.63, 3.8) is 0 Å². The summed E-state index contributed by atoms with van der Waals surface area (Å²) in [5, 5.41) is 0. The predicted octanol–water partition coefficient (Wildman–Crippen LogP) is 2.53. The van der Waals surface area contributed by atoms with Crippen LogP contribution in [0.4, 0.5) is 11.5 Å². The van der Waals surface area contributed by atoms with Crippen LogP contribution in [-0.4, -0.2) is 18.4 Å². The van der Waals surface area contributed by atoms with Crippen LogP contribution in [0.1, 0.15) is 0 Å². The Balaban J connectivity index is 1.89. The highest BCUT2D eigenvalue weighted by molar-refractivity contribution is 7.92. The quantitative estimate of drug-likeness (QED) is 0.718. The number of anilines is 2. The zero-order valence-electron chi connectivity index (χ0n) is 12.0.